The predicted molar refractivity (Wildman–Crippen MR) is 134 cm³/mol. The molecule has 34 heavy (non-hydrogen) atoms. The van der Waals surface area contributed by atoms with Gasteiger partial charge in [0.1, 0.15) is 11.2 Å². The van der Waals surface area contributed by atoms with Crippen molar-refractivity contribution in [2.24, 2.45) is 0 Å². The zero-order valence-electron chi connectivity index (χ0n) is 21.8. The molecule has 1 aromatic carbocycles. The van der Waals surface area contributed by atoms with Gasteiger partial charge in [-0.25, -0.2) is 19.3 Å². The van der Waals surface area contributed by atoms with E-state index in [1.54, 1.807) is 65.8 Å². The lowest BCUT2D eigenvalue weighted by molar-refractivity contribution is 0.0345. The van der Waals surface area contributed by atoms with Crippen LogP contribution in [-0.4, -0.2) is 54.9 Å². The van der Waals surface area contributed by atoms with Gasteiger partial charge in [0.2, 0.25) is 5.96 Å². The molecule has 1 aromatic rings. The minimum atomic E-state index is -1.30. The number of carbonyl (C=O) groups excluding carboxylic acids is 3. The summed E-state index contributed by atoms with van der Waals surface area (Å²) in [5, 5.41) is 10.5. The summed E-state index contributed by atoms with van der Waals surface area (Å²) >= 11 is 0. The monoisotopic (exact) mass is 493 g/mol. The van der Waals surface area contributed by atoms with E-state index < -0.39 is 43.4 Å². The van der Waals surface area contributed by atoms with Crippen LogP contribution in [0.4, 0.5) is 9.59 Å². The molecule has 2 amide bonds. The van der Waals surface area contributed by atoms with Gasteiger partial charge in [-0.05, 0) is 65.3 Å². The number of esters is 1. The highest BCUT2D eigenvalue weighted by molar-refractivity contribution is 6.76. The number of nitrogens with zero attached hydrogens (tertiary/aromatic N) is 1. The fourth-order valence-electron chi connectivity index (χ4n) is 2.48. The molecule has 190 valence electrons. The summed E-state index contributed by atoms with van der Waals surface area (Å²) in [6.45, 7) is 17.1. The first-order valence-corrected chi connectivity index (χ1v) is 14.9. The number of guanidine groups is 1. The normalized spacial score (nSPS) is 11.9. The number of nitrogens with one attached hydrogen (secondary N) is 2. The molecule has 0 bridgehead atoms. The van der Waals surface area contributed by atoms with E-state index in [4.69, 9.17) is 19.6 Å². The third-order valence-electron chi connectivity index (χ3n) is 4.12. The molecule has 0 saturated heterocycles. The quantitative estimate of drug-likeness (QED) is 0.181. The highest BCUT2D eigenvalue weighted by atomic mass is 28.3. The van der Waals surface area contributed by atoms with E-state index in [-0.39, 0.29) is 6.54 Å². The average molecular weight is 494 g/mol. The molecule has 0 fully saturated rings. The first-order valence-electron chi connectivity index (χ1n) is 11.2. The summed E-state index contributed by atoms with van der Waals surface area (Å²) < 4.78 is 15.9. The maximum absolute atomic E-state index is 12.7. The van der Waals surface area contributed by atoms with Crippen LogP contribution >= 0.6 is 0 Å². The first kappa shape index (κ1) is 29.1. The summed E-state index contributed by atoms with van der Waals surface area (Å²) in [6, 6.07) is 7.41. The number of ether oxygens (including phenoxy) is 3. The Morgan fingerprint density at radius 2 is 1.47 bits per heavy atom. The van der Waals surface area contributed by atoms with Crippen LogP contribution in [0.15, 0.2) is 24.3 Å². The largest absolute Gasteiger partial charge is 0.462 e. The summed E-state index contributed by atoms with van der Waals surface area (Å²) in [6.07, 6.45) is -1.66. The molecule has 0 saturated carbocycles. The SMILES string of the molecule is CC(C)(C)OC(=O)NC(=N)N(Cc1ccc(C(=O)OCC[Si](C)(C)C)cc1)C(=O)OC(C)(C)C. The summed E-state index contributed by atoms with van der Waals surface area (Å²) in [7, 11) is -1.30. The molecule has 0 spiro atoms. The van der Waals surface area contributed by atoms with Crippen molar-refractivity contribution in [1.82, 2.24) is 10.2 Å². The molecule has 0 atom stereocenters. The Bertz CT molecular complexity index is 880. The van der Waals surface area contributed by atoms with Crippen molar-refractivity contribution in [3.8, 4) is 0 Å². The Morgan fingerprint density at radius 1 is 0.941 bits per heavy atom. The first-order chi connectivity index (χ1) is 15.4. The third-order valence-corrected chi connectivity index (χ3v) is 5.82. The number of amides is 2. The van der Waals surface area contributed by atoms with E-state index in [0.717, 1.165) is 10.9 Å². The summed E-state index contributed by atoms with van der Waals surface area (Å²) in [4.78, 5) is 38.1. The number of alkyl carbamates (subject to hydrolysis) is 1. The molecular weight excluding hydrogens is 454 g/mol. The van der Waals surface area contributed by atoms with Crippen molar-refractivity contribution in [3.63, 3.8) is 0 Å². The van der Waals surface area contributed by atoms with Gasteiger partial charge >= 0.3 is 18.2 Å². The minimum absolute atomic E-state index is 0.0610. The molecule has 0 aliphatic carbocycles. The second-order valence-corrected chi connectivity index (χ2v) is 16.8. The molecular formula is C24H39N3O6Si. The van der Waals surface area contributed by atoms with Gasteiger partial charge in [-0.15, -0.1) is 0 Å². The molecule has 0 heterocycles. The lowest BCUT2D eigenvalue weighted by Gasteiger charge is -2.28. The predicted octanol–water partition coefficient (Wildman–Crippen LogP) is 5.38. The standard InChI is InChI=1S/C24H39N3O6Si/c1-23(2,3)32-21(29)26-20(25)27(22(30)33-24(4,5)6)16-17-10-12-18(13-11-17)19(28)31-14-15-34(7,8)9/h10-13H,14-16H2,1-9H3,(H2,25,26,29). The molecule has 0 unspecified atom stereocenters. The lowest BCUT2D eigenvalue weighted by Crippen LogP contribution is -2.49. The van der Waals surface area contributed by atoms with Crippen LogP contribution in [0.2, 0.25) is 25.7 Å². The molecule has 0 aliphatic rings. The fourth-order valence-corrected chi connectivity index (χ4v) is 3.20. The van der Waals surface area contributed by atoms with Gasteiger partial charge in [0, 0.05) is 8.07 Å². The van der Waals surface area contributed by atoms with Crippen molar-refractivity contribution < 1.29 is 28.6 Å². The molecule has 2 N–H and O–H groups in total. The molecule has 1 rings (SSSR count). The van der Waals surface area contributed by atoms with E-state index in [2.05, 4.69) is 25.0 Å². The van der Waals surface area contributed by atoms with Crippen LogP contribution in [-0.2, 0) is 20.8 Å². The zero-order chi connectivity index (χ0) is 26.3. The van der Waals surface area contributed by atoms with E-state index in [0.29, 0.717) is 17.7 Å². The highest BCUT2D eigenvalue weighted by Gasteiger charge is 2.28. The maximum atomic E-state index is 12.7. The Labute approximate surface area is 203 Å². The smallest absolute Gasteiger partial charge is 0.417 e. The van der Waals surface area contributed by atoms with Crippen LogP contribution in [0, 0.1) is 5.41 Å². The van der Waals surface area contributed by atoms with Crippen LogP contribution in [0.25, 0.3) is 0 Å². The maximum Gasteiger partial charge on any atom is 0.417 e. The number of hydrogen-bond acceptors (Lipinski definition) is 7. The lowest BCUT2D eigenvalue weighted by atomic mass is 10.1. The van der Waals surface area contributed by atoms with E-state index in [1.165, 1.54) is 0 Å². The van der Waals surface area contributed by atoms with E-state index >= 15 is 0 Å². The van der Waals surface area contributed by atoms with Gasteiger partial charge in [0.15, 0.2) is 0 Å². The highest BCUT2D eigenvalue weighted by Crippen LogP contribution is 2.15. The average Bonchev–Trinajstić information content (AvgIpc) is 2.62. The molecule has 0 aromatic heterocycles. The van der Waals surface area contributed by atoms with Crippen molar-refractivity contribution in [1.29, 1.82) is 5.41 Å². The van der Waals surface area contributed by atoms with Crippen LogP contribution in [0.5, 0.6) is 0 Å². The van der Waals surface area contributed by atoms with Crippen molar-refractivity contribution >= 4 is 32.2 Å². The topological polar surface area (TPSA) is 118 Å². The van der Waals surface area contributed by atoms with Crippen LogP contribution in [0.1, 0.15) is 57.5 Å². The number of rotatable bonds is 6. The Morgan fingerprint density at radius 3 is 1.94 bits per heavy atom. The van der Waals surface area contributed by atoms with Gasteiger partial charge in [-0.1, -0.05) is 31.8 Å². The Balaban J connectivity index is 2.94. The molecule has 0 aliphatic heterocycles. The number of carbonyl (C=O) groups is 3. The molecule has 10 heteroatoms. The van der Waals surface area contributed by atoms with Gasteiger partial charge in [-0.3, -0.25) is 10.7 Å². The van der Waals surface area contributed by atoms with Gasteiger partial charge < -0.3 is 14.2 Å². The third kappa shape index (κ3) is 11.8. The van der Waals surface area contributed by atoms with Crippen LogP contribution in [0.3, 0.4) is 0 Å². The number of hydrogen-bond donors (Lipinski definition) is 2. The van der Waals surface area contributed by atoms with Gasteiger partial charge in [-0.2, -0.15) is 0 Å². The Hall–Kier alpha value is -2.88. The van der Waals surface area contributed by atoms with E-state index in [9.17, 15) is 14.4 Å². The van der Waals surface area contributed by atoms with E-state index in [1.807, 2.05) is 0 Å². The Kier molecular flexibility index (Phi) is 9.86. The van der Waals surface area contributed by atoms with Gasteiger partial charge in [0.05, 0.1) is 18.7 Å². The minimum Gasteiger partial charge on any atom is -0.462 e. The van der Waals surface area contributed by atoms with Crippen molar-refractivity contribution in [3.05, 3.63) is 35.4 Å². The summed E-state index contributed by atoms with van der Waals surface area (Å²) in [5.74, 6) is -0.897. The van der Waals surface area contributed by atoms with Crippen molar-refractivity contribution in [2.75, 3.05) is 6.61 Å². The zero-order valence-corrected chi connectivity index (χ0v) is 22.8. The number of benzene rings is 1. The second kappa shape index (κ2) is 11.5. The fraction of sp³-hybridized carbons (Fsp3) is 0.583. The molecule has 9 nitrogen and oxygen atoms in total. The summed E-state index contributed by atoms with van der Waals surface area (Å²) in [5.41, 5.74) is -0.545. The van der Waals surface area contributed by atoms with Crippen LogP contribution < -0.4 is 5.32 Å². The van der Waals surface area contributed by atoms with Gasteiger partial charge in [0.25, 0.3) is 0 Å². The van der Waals surface area contributed by atoms with Crippen molar-refractivity contribution in [2.45, 2.75) is 85.0 Å². The second-order valence-electron chi connectivity index (χ2n) is 11.2. The molecule has 0 radical (unpaired) electrons.